The van der Waals surface area contributed by atoms with E-state index in [2.05, 4.69) is 19.6 Å². The molecular formula is C11H16OSeSi. The topological polar surface area (TPSA) is 17.1 Å². The zero-order chi connectivity index (χ0) is 10.6. The first-order chi connectivity index (χ1) is 6.47. The van der Waals surface area contributed by atoms with Crippen LogP contribution in [0.25, 0.3) is 0 Å². The van der Waals surface area contributed by atoms with Crippen molar-refractivity contribution in [2.45, 2.75) is 25.7 Å². The van der Waals surface area contributed by atoms with Gasteiger partial charge in [-0.2, -0.15) is 0 Å². The van der Waals surface area contributed by atoms with Gasteiger partial charge < -0.3 is 0 Å². The van der Waals surface area contributed by atoms with Gasteiger partial charge in [0.05, 0.1) is 0 Å². The van der Waals surface area contributed by atoms with Crippen LogP contribution in [0.5, 0.6) is 0 Å². The Bertz CT molecular complexity index is 303. The second-order valence-electron chi connectivity index (χ2n) is 4.52. The molecule has 0 aliphatic rings. The third-order valence-electron chi connectivity index (χ3n) is 1.65. The van der Waals surface area contributed by atoms with Crippen molar-refractivity contribution in [1.82, 2.24) is 0 Å². The molecule has 0 aliphatic carbocycles. The Morgan fingerprint density at radius 3 is 2.29 bits per heavy atom. The van der Waals surface area contributed by atoms with Crippen LogP contribution in [0.15, 0.2) is 30.3 Å². The molecule has 0 heterocycles. The Morgan fingerprint density at radius 2 is 1.79 bits per heavy atom. The monoisotopic (exact) mass is 272 g/mol. The Balaban J connectivity index is 2.50. The average molecular weight is 271 g/mol. The van der Waals surface area contributed by atoms with Crippen molar-refractivity contribution < 1.29 is 4.79 Å². The number of hydrogen-bond donors (Lipinski definition) is 0. The Labute approximate surface area is 93.1 Å². The van der Waals surface area contributed by atoms with E-state index in [0.717, 1.165) is 6.04 Å². The van der Waals surface area contributed by atoms with Crippen LogP contribution < -0.4 is 4.46 Å². The number of carbonyl (C=O) groups is 1. The molecule has 1 rings (SSSR count). The average Bonchev–Trinajstić information content (AvgIpc) is 2.02. The van der Waals surface area contributed by atoms with Crippen LogP contribution in [0.2, 0.25) is 25.7 Å². The summed E-state index contributed by atoms with van der Waals surface area (Å²) in [6.45, 7) is 6.73. The summed E-state index contributed by atoms with van der Waals surface area (Å²) in [4.78, 5) is 11.7. The molecule has 0 atom stereocenters. The van der Waals surface area contributed by atoms with E-state index in [1.165, 1.54) is 4.46 Å². The van der Waals surface area contributed by atoms with E-state index >= 15 is 0 Å². The fraction of sp³-hybridized carbons (Fsp3) is 0.364. The van der Waals surface area contributed by atoms with Gasteiger partial charge in [-0.05, 0) is 0 Å². The van der Waals surface area contributed by atoms with Gasteiger partial charge in [-0.1, -0.05) is 0 Å². The second-order valence-corrected chi connectivity index (χ2v) is 12.4. The van der Waals surface area contributed by atoms with Gasteiger partial charge in [0.1, 0.15) is 0 Å². The number of rotatable bonds is 4. The summed E-state index contributed by atoms with van der Waals surface area (Å²) in [7, 11) is -1.21. The van der Waals surface area contributed by atoms with Crippen LogP contribution in [-0.2, 0) is 4.79 Å². The standard InChI is InChI=1S/C11H16OSeSi/c1-14(2,3)9-11(12)13-10-7-5-4-6-8-10/h4-8H,9H2,1-3H3. The Kier molecular flexibility index (Phi) is 4.11. The summed E-state index contributed by atoms with van der Waals surface area (Å²) in [5.74, 6) is 0. The van der Waals surface area contributed by atoms with Crippen molar-refractivity contribution in [1.29, 1.82) is 0 Å². The Hall–Kier alpha value is -0.374. The molecule has 0 fully saturated rings. The van der Waals surface area contributed by atoms with Crippen molar-refractivity contribution in [3.63, 3.8) is 0 Å². The van der Waals surface area contributed by atoms with Gasteiger partial charge in [0, 0.05) is 0 Å². The molecule has 0 saturated carbocycles. The van der Waals surface area contributed by atoms with Crippen LogP contribution in [0.1, 0.15) is 0 Å². The van der Waals surface area contributed by atoms with Gasteiger partial charge in [0.25, 0.3) is 0 Å². The van der Waals surface area contributed by atoms with E-state index < -0.39 is 8.07 Å². The molecule has 0 spiro atoms. The number of benzene rings is 1. The number of carbonyl (C=O) groups excluding carboxylic acids is 1. The van der Waals surface area contributed by atoms with Crippen LogP contribution in [-0.4, -0.2) is 27.7 Å². The molecule has 0 aromatic heterocycles. The fourth-order valence-corrected chi connectivity index (χ4v) is 6.37. The molecular weight excluding hydrogens is 255 g/mol. The van der Waals surface area contributed by atoms with Crippen molar-refractivity contribution in [2.24, 2.45) is 0 Å². The summed E-state index contributed by atoms with van der Waals surface area (Å²) in [6, 6.07) is 10.9. The first-order valence-corrected chi connectivity index (χ1v) is 10.2. The van der Waals surface area contributed by atoms with Crippen LogP contribution in [0, 0.1) is 0 Å². The predicted molar refractivity (Wildman–Crippen MR) is 65.0 cm³/mol. The van der Waals surface area contributed by atoms with Crippen LogP contribution >= 0.6 is 0 Å². The van der Waals surface area contributed by atoms with E-state index in [1.807, 2.05) is 30.3 Å². The minimum atomic E-state index is -1.21. The number of hydrogen-bond acceptors (Lipinski definition) is 1. The van der Waals surface area contributed by atoms with Gasteiger partial charge >= 0.3 is 93.0 Å². The maximum atomic E-state index is 11.7. The van der Waals surface area contributed by atoms with E-state index in [-0.39, 0.29) is 15.0 Å². The quantitative estimate of drug-likeness (QED) is 0.764. The predicted octanol–water partition coefficient (Wildman–Crippen LogP) is 1.88. The molecule has 3 heteroatoms. The van der Waals surface area contributed by atoms with Crippen molar-refractivity contribution in [3.05, 3.63) is 30.3 Å². The first-order valence-electron chi connectivity index (χ1n) is 4.73. The zero-order valence-electron chi connectivity index (χ0n) is 8.91. The normalized spacial score (nSPS) is 11.4. The van der Waals surface area contributed by atoms with Crippen molar-refractivity contribution >= 4 is 32.2 Å². The van der Waals surface area contributed by atoms with Gasteiger partial charge in [0.15, 0.2) is 0 Å². The molecule has 1 nitrogen and oxygen atoms in total. The molecule has 1 aromatic carbocycles. The van der Waals surface area contributed by atoms with Gasteiger partial charge in [-0.25, -0.2) is 0 Å². The van der Waals surface area contributed by atoms with Crippen LogP contribution in [0.4, 0.5) is 0 Å². The minimum absolute atomic E-state index is 0.0293. The van der Waals surface area contributed by atoms with Gasteiger partial charge in [-0.3, -0.25) is 0 Å². The summed E-state index contributed by atoms with van der Waals surface area (Å²) in [6.07, 6.45) is 0. The molecule has 76 valence electrons. The van der Waals surface area contributed by atoms with Crippen molar-refractivity contribution in [3.8, 4) is 0 Å². The van der Waals surface area contributed by atoms with E-state index in [9.17, 15) is 4.79 Å². The van der Waals surface area contributed by atoms with E-state index in [1.54, 1.807) is 0 Å². The fourth-order valence-electron chi connectivity index (χ4n) is 1.09. The molecule has 0 saturated heterocycles. The molecule has 0 bridgehead atoms. The molecule has 0 N–H and O–H groups in total. The maximum absolute atomic E-state index is 11.7. The van der Waals surface area contributed by atoms with Crippen LogP contribution in [0.3, 0.4) is 0 Å². The molecule has 0 aliphatic heterocycles. The van der Waals surface area contributed by atoms with Gasteiger partial charge in [-0.15, -0.1) is 0 Å². The second kappa shape index (κ2) is 4.92. The third-order valence-corrected chi connectivity index (χ3v) is 5.45. The van der Waals surface area contributed by atoms with Gasteiger partial charge in [0.2, 0.25) is 0 Å². The first kappa shape index (κ1) is 11.7. The SMILES string of the molecule is C[Si](C)(C)CC(=O)[Se]c1ccccc1. The molecule has 0 radical (unpaired) electrons. The molecule has 1 aromatic rings. The summed E-state index contributed by atoms with van der Waals surface area (Å²) in [5, 5.41) is 0. The summed E-state index contributed by atoms with van der Waals surface area (Å²) >= 11 is 0.0293. The summed E-state index contributed by atoms with van der Waals surface area (Å²) < 4.78 is 1.64. The zero-order valence-corrected chi connectivity index (χ0v) is 11.6. The third kappa shape index (κ3) is 4.75. The molecule has 0 unspecified atom stereocenters. The van der Waals surface area contributed by atoms with Crippen molar-refractivity contribution in [2.75, 3.05) is 0 Å². The molecule has 14 heavy (non-hydrogen) atoms. The van der Waals surface area contributed by atoms with E-state index in [4.69, 9.17) is 0 Å². The van der Waals surface area contributed by atoms with E-state index in [0.29, 0.717) is 4.68 Å². The molecule has 0 amide bonds. The summed E-state index contributed by atoms with van der Waals surface area (Å²) in [5.41, 5.74) is 0. The Morgan fingerprint density at radius 1 is 1.21 bits per heavy atom.